The number of H-pyrrole nitrogens is 1. The van der Waals surface area contributed by atoms with E-state index in [4.69, 9.17) is 15.9 Å². The van der Waals surface area contributed by atoms with Gasteiger partial charge in [-0.25, -0.2) is 4.79 Å². The van der Waals surface area contributed by atoms with Crippen molar-refractivity contribution in [1.82, 2.24) is 47.5 Å². The minimum Gasteiger partial charge on any atom is -0.481 e. The van der Waals surface area contributed by atoms with Gasteiger partial charge >= 0.3 is 17.9 Å². The Hall–Kier alpha value is -7.41. The molecule has 8 amide bonds. The van der Waals surface area contributed by atoms with E-state index in [1.54, 1.807) is 6.20 Å². The van der Waals surface area contributed by atoms with Crippen LogP contribution >= 0.6 is 0 Å². The van der Waals surface area contributed by atoms with E-state index in [0.717, 1.165) is 23.4 Å². The molecule has 2 rings (SSSR count). The van der Waals surface area contributed by atoms with Crippen molar-refractivity contribution in [1.29, 1.82) is 0 Å². The van der Waals surface area contributed by atoms with E-state index in [2.05, 4.69) is 43.5 Å². The monoisotopic (exact) mass is 846 g/mol. The van der Waals surface area contributed by atoms with Crippen LogP contribution in [0.3, 0.4) is 0 Å². The van der Waals surface area contributed by atoms with Crippen LogP contribution < -0.4 is 48.3 Å². The van der Waals surface area contributed by atoms with Crippen molar-refractivity contribution < 1.29 is 73.2 Å². The summed E-state index contributed by atoms with van der Waals surface area (Å²) in [5.41, 5.74) is 7.19. The third-order valence-corrected chi connectivity index (χ3v) is 8.16. The van der Waals surface area contributed by atoms with E-state index in [1.807, 2.05) is 34.9 Å². The molecule has 25 heteroatoms. The number of carbonyl (C=O) groups is 11. The van der Waals surface area contributed by atoms with E-state index < -0.39 is 147 Å². The SMILES string of the molecule is C=C(NC(=O)[C@@H](N)Cc1c[nH]c2ccccc12)C(=O)NCC(=O)NCC(=O)N[C@@H](CC(=O)O)C(=O)N[C@@H](C)C(=O)N[C@@H](CO)C(=O)NCC(=O)N[C@@H](CCC(=O)O)C(=O)O. The molecule has 0 radical (unpaired) electrons. The number of carbonyl (C=O) groups excluding carboxylic acids is 8. The lowest BCUT2D eigenvalue weighted by atomic mass is 10.1. The van der Waals surface area contributed by atoms with Crippen LogP contribution in [-0.4, -0.2) is 147 Å². The Labute approximate surface area is 339 Å². The number of aromatic amines is 1. The highest BCUT2D eigenvalue weighted by molar-refractivity contribution is 6.00. The number of para-hydroxylation sites is 1. The first kappa shape index (κ1) is 48.7. The smallest absolute Gasteiger partial charge is 0.326 e. The average Bonchev–Trinajstić information content (AvgIpc) is 3.60. The lowest BCUT2D eigenvalue weighted by Crippen LogP contribution is -2.57. The van der Waals surface area contributed by atoms with Crippen molar-refractivity contribution in [3.05, 3.63) is 48.3 Å². The van der Waals surface area contributed by atoms with E-state index in [9.17, 15) is 63.0 Å². The molecule has 25 nitrogen and oxygen atoms in total. The van der Waals surface area contributed by atoms with Gasteiger partial charge in [0.1, 0.15) is 24.2 Å². The maximum absolute atomic E-state index is 12.8. The summed E-state index contributed by atoms with van der Waals surface area (Å²) in [5.74, 6) is -12.5. The molecule has 0 bridgehead atoms. The van der Waals surface area contributed by atoms with E-state index >= 15 is 0 Å². The zero-order valence-electron chi connectivity index (χ0n) is 32.0. The Morgan fingerprint density at radius 2 is 1.33 bits per heavy atom. The second-order valence-corrected chi connectivity index (χ2v) is 12.9. The number of carboxylic acids is 3. The van der Waals surface area contributed by atoms with Crippen molar-refractivity contribution in [2.45, 2.75) is 62.8 Å². The standard InChI is InChI=1S/C35H46N10O15/c1-16(41-32(56)20(36)9-18-11-37-21-6-4-3-5-19(18)21)30(54)39-12-25(47)38-13-26(48)44-23(10-29(52)53)34(58)42-17(2)31(55)45-24(15-46)33(57)40-14-27(49)43-22(35(59)60)7-8-28(50)51/h3-6,11,17,20,22-24,37,46H,1,7-10,12-15,36H2,2H3,(H,38,47)(H,39,54)(H,40,57)(H,41,56)(H,42,58)(H,43,49)(H,44,48)(H,45,55)(H,50,51)(H,52,53)(H,59,60)/t17-,20-,22-,23-,24-/m0/s1. The second-order valence-electron chi connectivity index (χ2n) is 12.9. The molecule has 0 unspecified atom stereocenters. The molecule has 0 aliphatic rings. The Morgan fingerprint density at radius 1 is 0.717 bits per heavy atom. The molecule has 0 spiro atoms. The zero-order chi connectivity index (χ0) is 45.1. The van der Waals surface area contributed by atoms with Crippen LogP contribution in [0.25, 0.3) is 10.9 Å². The molecular weight excluding hydrogens is 800 g/mol. The summed E-state index contributed by atoms with van der Waals surface area (Å²) in [7, 11) is 0. The van der Waals surface area contributed by atoms with Crippen LogP contribution in [0, 0.1) is 0 Å². The summed E-state index contributed by atoms with van der Waals surface area (Å²) in [6, 6.07) is -0.293. The molecule has 2 aromatic rings. The lowest BCUT2D eigenvalue weighted by Gasteiger charge is -2.22. The summed E-state index contributed by atoms with van der Waals surface area (Å²) in [4.78, 5) is 136. The van der Waals surface area contributed by atoms with Crippen LogP contribution in [0.4, 0.5) is 0 Å². The van der Waals surface area contributed by atoms with Crippen LogP contribution in [0.1, 0.15) is 31.7 Å². The average molecular weight is 847 g/mol. The Balaban J connectivity index is 1.81. The lowest BCUT2D eigenvalue weighted by molar-refractivity contribution is -0.143. The Kier molecular flexibility index (Phi) is 19.3. The fraction of sp³-hybridized carbons (Fsp3) is 0.400. The van der Waals surface area contributed by atoms with E-state index in [-0.39, 0.29) is 6.42 Å². The number of amides is 8. The number of nitrogens with two attached hydrogens (primary N) is 1. The Bertz CT molecular complexity index is 1980. The number of aliphatic hydroxyl groups excluding tert-OH is 1. The molecule has 5 atom stereocenters. The number of aromatic nitrogens is 1. The normalized spacial score (nSPS) is 13.1. The fourth-order valence-electron chi connectivity index (χ4n) is 5.00. The molecule has 326 valence electrons. The molecule has 1 heterocycles. The molecular formula is C35H46N10O15. The molecule has 0 saturated heterocycles. The third kappa shape index (κ3) is 16.6. The van der Waals surface area contributed by atoms with Gasteiger partial charge in [-0.2, -0.15) is 0 Å². The number of hydrogen-bond acceptors (Lipinski definition) is 13. The number of fused-ring (bicyclic) bond motifs is 1. The van der Waals surface area contributed by atoms with Gasteiger partial charge in [-0.3, -0.25) is 47.9 Å². The molecule has 0 aliphatic heterocycles. The van der Waals surface area contributed by atoms with Crippen molar-refractivity contribution in [3.8, 4) is 0 Å². The van der Waals surface area contributed by atoms with Gasteiger partial charge in [-0.05, 0) is 31.4 Å². The van der Waals surface area contributed by atoms with Crippen LogP contribution in [0.15, 0.2) is 42.7 Å². The minimum absolute atomic E-state index is 0.136. The molecule has 60 heavy (non-hydrogen) atoms. The van der Waals surface area contributed by atoms with Crippen LogP contribution in [0.2, 0.25) is 0 Å². The highest BCUT2D eigenvalue weighted by Gasteiger charge is 2.29. The van der Waals surface area contributed by atoms with Gasteiger partial charge in [0.15, 0.2) is 0 Å². The van der Waals surface area contributed by atoms with Gasteiger partial charge in [-0.1, -0.05) is 24.8 Å². The predicted octanol–water partition coefficient (Wildman–Crippen LogP) is -5.61. The third-order valence-electron chi connectivity index (χ3n) is 8.16. The van der Waals surface area contributed by atoms with Crippen molar-refractivity contribution in [2.75, 3.05) is 26.2 Å². The van der Waals surface area contributed by atoms with Gasteiger partial charge < -0.3 is 73.7 Å². The molecule has 0 aliphatic carbocycles. The first-order valence-electron chi connectivity index (χ1n) is 17.8. The molecule has 0 saturated carbocycles. The second kappa shape index (κ2) is 23.7. The minimum atomic E-state index is -1.79. The van der Waals surface area contributed by atoms with Crippen molar-refractivity contribution >= 4 is 76.1 Å². The highest BCUT2D eigenvalue weighted by Crippen LogP contribution is 2.18. The summed E-state index contributed by atoms with van der Waals surface area (Å²) in [5, 5.41) is 54.5. The predicted molar refractivity (Wildman–Crippen MR) is 204 cm³/mol. The molecule has 15 N–H and O–H groups in total. The van der Waals surface area contributed by atoms with Gasteiger partial charge in [-0.15, -0.1) is 0 Å². The number of benzene rings is 1. The summed E-state index contributed by atoms with van der Waals surface area (Å²) in [6.07, 6.45) is -0.173. The van der Waals surface area contributed by atoms with Gasteiger partial charge in [0, 0.05) is 23.5 Å². The van der Waals surface area contributed by atoms with E-state index in [0.29, 0.717) is 0 Å². The fourth-order valence-corrected chi connectivity index (χ4v) is 5.00. The molecule has 0 fully saturated rings. The van der Waals surface area contributed by atoms with Gasteiger partial charge in [0.2, 0.25) is 41.4 Å². The summed E-state index contributed by atoms with van der Waals surface area (Å²) in [6.45, 7) is 1.20. The number of carboxylic acid groups (broad SMARTS) is 3. The number of aliphatic carboxylic acids is 3. The number of nitrogens with one attached hydrogen (secondary N) is 9. The number of rotatable bonds is 25. The molecule has 1 aromatic carbocycles. The summed E-state index contributed by atoms with van der Waals surface area (Å²) < 4.78 is 0. The first-order valence-corrected chi connectivity index (χ1v) is 17.8. The maximum Gasteiger partial charge on any atom is 0.326 e. The number of hydrogen-bond donors (Lipinski definition) is 14. The highest BCUT2D eigenvalue weighted by atomic mass is 16.4. The van der Waals surface area contributed by atoms with Crippen LogP contribution in [0.5, 0.6) is 0 Å². The van der Waals surface area contributed by atoms with E-state index in [1.165, 1.54) is 0 Å². The quantitative estimate of drug-likeness (QED) is 0.0414. The van der Waals surface area contributed by atoms with Gasteiger partial charge in [0.05, 0.1) is 44.4 Å². The topological polar surface area (TPSA) is 407 Å². The summed E-state index contributed by atoms with van der Waals surface area (Å²) >= 11 is 0. The first-order chi connectivity index (χ1) is 28.2. The van der Waals surface area contributed by atoms with Crippen LogP contribution in [-0.2, 0) is 59.2 Å². The Morgan fingerprint density at radius 3 is 1.95 bits per heavy atom. The number of aliphatic hydroxyl groups is 1. The van der Waals surface area contributed by atoms with Gasteiger partial charge in [0.25, 0.3) is 5.91 Å². The zero-order valence-corrected chi connectivity index (χ0v) is 32.0. The maximum atomic E-state index is 12.8. The van der Waals surface area contributed by atoms with Crippen molar-refractivity contribution in [2.24, 2.45) is 5.73 Å². The molecule has 1 aromatic heterocycles. The largest absolute Gasteiger partial charge is 0.481 e. The van der Waals surface area contributed by atoms with Crippen molar-refractivity contribution in [3.63, 3.8) is 0 Å².